The Balaban J connectivity index is 1.68. The lowest BCUT2D eigenvalue weighted by Gasteiger charge is -2.36. The number of nitrogens with two attached hydrogens (primary N) is 1. The number of anilines is 2. The maximum atomic E-state index is 6.08. The van der Waals surface area contributed by atoms with Gasteiger partial charge in [-0.2, -0.15) is 4.98 Å². The van der Waals surface area contributed by atoms with Gasteiger partial charge in [-0.25, -0.2) is 4.98 Å². The van der Waals surface area contributed by atoms with Gasteiger partial charge in [0.25, 0.3) is 0 Å². The third-order valence-electron chi connectivity index (χ3n) is 6.12. The molecule has 22 heavy (non-hydrogen) atoms. The molecule has 0 amide bonds. The minimum absolute atomic E-state index is 0.313. The highest BCUT2D eigenvalue weighted by Crippen LogP contribution is 2.49. The van der Waals surface area contributed by atoms with E-state index in [4.69, 9.17) is 10.7 Å². The molecule has 4 nitrogen and oxygen atoms in total. The molecule has 3 aliphatic rings. The molecule has 4 rings (SSSR count). The Bertz CT molecular complexity index is 542. The number of nitrogen functional groups attached to an aromatic ring is 1. The fourth-order valence-electron chi connectivity index (χ4n) is 5.00. The Morgan fingerprint density at radius 3 is 2.41 bits per heavy atom. The molecule has 0 unspecified atom stereocenters. The molecule has 1 aromatic rings. The Morgan fingerprint density at radius 2 is 1.64 bits per heavy atom. The number of fused-ring (bicyclic) bond motifs is 2. The quantitative estimate of drug-likeness (QED) is 0.868. The Morgan fingerprint density at radius 1 is 0.909 bits per heavy atom. The van der Waals surface area contributed by atoms with E-state index in [1.807, 2.05) is 0 Å². The number of nitrogens with one attached hydrogen (secondary N) is 1. The van der Waals surface area contributed by atoms with Crippen molar-refractivity contribution < 1.29 is 0 Å². The predicted octanol–water partition coefficient (Wildman–Crippen LogP) is 3.95. The monoisotopic (exact) mass is 300 g/mol. The van der Waals surface area contributed by atoms with Crippen LogP contribution in [-0.4, -0.2) is 16.0 Å². The third-order valence-corrected chi connectivity index (χ3v) is 6.12. The second-order valence-electron chi connectivity index (χ2n) is 7.58. The molecule has 0 aliphatic heterocycles. The largest absolute Gasteiger partial charge is 0.368 e. The molecule has 2 fully saturated rings. The van der Waals surface area contributed by atoms with Gasteiger partial charge < -0.3 is 11.1 Å². The molecule has 0 bridgehead atoms. The van der Waals surface area contributed by atoms with Gasteiger partial charge in [-0.3, -0.25) is 0 Å². The van der Waals surface area contributed by atoms with E-state index in [9.17, 15) is 0 Å². The van der Waals surface area contributed by atoms with Crippen LogP contribution in [0.5, 0.6) is 0 Å². The maximum absolute atomic E-state index is 6.08. The summed E-state index contributed by atoms with van der Waals surface area (Å²) in [6.45, 7) is 0. The molecule has 120 valence electrons. The summed E-state index contributed by atoms with van der Waals surface area (Å²) in [7, 11) is 0. The second kappa shape index (κ2) is 5.71. The zero-order chi connectivity index (χ0) is 15.0. The Labute approximate surface area is 133 Å². The first-order chi connectivity index (χ1) is 10.8. The Kier molecular flexibility index (Phi) is 3.71. The molecule has 3 N–H and O–H groups in total. The minimum Gasteiger partial charge on any atom is -0.368 e. The average molecular weight is 300 g/mol. The van der Waals surface area contributed by atoms with Gasteiger partial charge in [-0.1, -0.05) is 32.1 Å². The standard InChI is InChI=1S/C18H28N4/c19-17-21-15-14(9-6-12-18(15)10-4-5-11-18)16(22-17)20-13-7-2-1-3-8-13/h13H,1-12H2,(H3,19,20,21,22). The molecule has 1 heterocycles. The van der Waals surface area contributed by atoms with Gasteiger partial charge in [-0.15, -0.1) is 0 Å². The molecule has 1 spiro atoms. The van der Waals surface area contributed by atoms with E-state index in [-0.39, 0.29) is 0 Å². The molecule has 0 saturated heterocycles. The zero-order valence-electron chi connectivity index (χ0n) is 13.5. The predicted molar refractivity (Wildman–Crippen MR) is 90.0 cm³/mol. The molecule has 0 aromatic carbocycles. The fourth-order valence-corrected chi connectivity index (χ4v) is 5.00. The summed E-state index contributed by atoms with van der Waals surface area (Å²) in [4.78, 5) is 9.32. The van der Waals surface area contributed by atoms with Gasteiger partial charge >= 0.3 is 0 Å². The van der Waals surface area contributed by atoms with Gasteiger partial charge in [0.05, 0.1) is 5.69 Å². The smallest absolute Gasteiger partial charge is 0.222 e. The van der Waals surface area contributed by atoms with Crippen LogP contribution in [0.25, 0.3) is 0 Å². The molecule has 3 aliphatic carbocycles. The van der Waals surface area contributed by atoms with Crippen molar-refractivity contribution in [3.63, 3.8) is 0 Å². The van der Waals surface area contributed by atoms with Crippen LogP contribution in [0.3, 0.4) is 0 Å². The number of nitrogens with zero attached hydrogens (tertiary/aromatic N) is 2. The normalized spacial score (nSPS) is 24.4. The number of hydrogen-bond donors (Lipinski definition) is 2. The first-order valence-electron chi connectivity index (χ1n) is 9.20. The molecule has 0 radical (unpaired) electrons. The third kappa shape index (κ3) is 2.46. The van der Waals surface area contributed by atoms with Crippen LogP contribution in [0.2, 0.25) is 0 Å². The summed E-state index contributed by atoms with van der Waals surface area (Å²) in [5, 5.41) is 3.73. The van der Waals surface area contributed by atoms with Crippen LogP contribution < -0.4 is 11.1 Å². The van der Waals surface area contributed by atoms with Crippen LogP contribution in [0.4, 0.5) is 11.8 Å². The van der Waals surface area contributed by atoms with Crippen molar-refractivity contribution in [3.8, 4) is 0 Å². The lowest BCUT2D eigenvalue weighted by atomic mass is 9.71. The van der Waals surface area contributed by atoms with Gasteiger partial charge in [0.15, 0.2) is 0 Å². The van der Waals surface area contributed by atoms with Crippen molar-refractivity contribution >= 4 is 11.8 Å². The molecule has 1 aromatic heterocycles. The summed E-state index contributed by atoms with van der Waals surface area (Å²) in [6.07, 6.45) is 15.5. The van der Waals surface area contributed by atoms with E-state index in [1.54, 1.807) is 0 Å². The zero-order valence-corrected chi connectivity index (χ0v) is 13.5. The van der Waals surface area contributed by atoms with E-state index < -0.39 is 0 Å². The van der Waals surface area contributed by atoms with Gasteiger partial charge in [0, 0.05) is 17.0 Å². The van der Waals surface area contributed by atoms with Gasteiger partial charge in [0.2, 0.25) is 5.95 Å². The average Bonchev–Trinajstić information content (AvgIpc) is 2.99. The molecular formula is C18H28N4. The number of aromatic nitrogens is 2. The van der Waals surface area contributed by atoms with Crippen molar-refractivity contribution in [1.82, 2.24) is 9.97 Å². The number of hydrogen-bond acceptors (Lipinski definition) is 4. The molecule has 0 atom stereocenters. The topological polar surface area (TPSA) is 63.8 Å². The van der Waals surface area contributed by atoms with Crippen molar-refractivity contribution in [3.05, 3.63) is 11.3 Å². The van der Waals surface area contributed by atoms with Crippen LogP contribution in [0.15, 0.2) is 0 Å². The van der Waals surface area contributed by atoms with Crippen LogP contribution >= 0.6 is 0 Å². The Hall–Kier alpha value is -1.32. The summed E-state index contributed by atoms with van der Waals surface area (Å²) in [6, 6.07) is 0.577. The lowest BCUT2D eigenvalue weighted by Crippen LogP contribution is -2.32. The summed E-state index contributed by atoms with van der Waals surface area (Å²) >= 11 is 0. The van der Waals surface area contributed by atoms with E-state index >= 15 is 0 Å². The van der Waals surface area contributed by atoms with Crippen molar-refractivity contribution in [2.45, 2.75) is 88.5 Å². The van der Waals surface area contributed by atoms with Crippen LogP contribution in [-0.2, 0) is 11.8 Å². The molecule has 4 heteroatoms. The minimum atomic E-state index is 0.313. The van der Waals surface area contributed by atoms with Crippen molar-refractivity contribution in [2.75, 3.05) is 11.1 Å². The van der Waals surface area contributed by atoms with E-state index in [2.05, 4.69) is 10.3 Å². The van der Waals surface area contributed by atoms with Crippen LogP contribution in [0, 0.1) is 0 Å². The highest BCUT2D eigenvalue weighted by atomic mass is 15.1. The first-order valence-corrected chi connectivity index (χ1v) is 9.20. The van der Waals surface area contributed by atoms with Gasteiger partial charge in [0.1, 0.15) is 5.82 Å². The fraction of sp³-hybridized carbons (Fsp3) is 0.778. The summed E-state index contributed by atoms with van der Waals surface area (Å²) in [5.41, 5.74) is 9.07. The SMILES string of the molecule is Nc1nc(NC2CCCCC2)c2c(n1)C1(CCCC1)CCC2. The molecular weight excluding hydrogens is 272 g/mol. The van der Waals surface area contributed by atoms with Crippen molar-refractivity contribution in [1.29, 1.82) is 0 Å². The van der Waals surface area contributed by atoms with E-state index in [1.165, 1.54) is 81.9 Å². The summed E-state index contributed by atoms with van der Waals surface area (Å²) in [5.74, 6) is 1.52. The highest BCUT2D eigenvalue weighted by molar-refractivity contribution is 5.53. The van der Waals surface area contributed by atoms with Crippen molar-refractivity contribution in [2.24, 2.45) is 0 Å². The maximum Gasteiger partial charge on any atom is 0.222 e. The second-order valence-corrected chi connectivity index (χ2v) is 7.58. The lowest BCUT2D eigenvalue weighted by molar-refractivity contribution is 0.357. The highest BCUT2D eigenvalue weighted by Gasteiger charge is 2.41. The summed E-state index contributed by atoms with van der Waals surface area (Å²) < 4.78 is 0. The van der Waals surface area contributed by atoms with E-state index in [0.29, 0.717) is 17.4 Å². The number of rotatable bonds is 2. The first kappa shape index (κ1) is 14.3. The van der Waals surface area contributed by atoms with E-state index in [0.717, 1.165) is 12.2 Å². The van der Waals surface area contributed by atoms with Crippen LogP contribution in [0.1, 0.15) is 81.9 Å². The molecule has 2 saturated carbocycles. The van der Waals surface area contributed by atoms with Gasteiger partial charge in [-0.05, 0) is 44.9 Å².